The number of ether oxygens (including phenoxy) is 1. The lowest BCUT2D eigenvalue weighted by Gasteiger charge is -2.06. The van der Waals surface area contributed by atoms with Crippen molar-refractivity contribution in [3.05, 3.63) is 54.5 Å². The Balaban J connectivity index is 0.00000264. The molecule has 0 aliphatic carbocycles. The van der Waals surface area contributed by atoms with Crippen LogP contribution in [0.2, 0.25) is 0 Å². The van der Waals surface area contributed by atoms with Crippen LogP contribution in [0.25, 0.3) is 0 Å². The van der Waals surface area contributed by atoms with Crippen molar-refractivity contribution < 1.29 is 35.9 Å². The summed E-state index contributed by atoms with van der Waals surface area (Å²) in [4.78, 5) is 27.5. The van der Waals surface area contributed by atoms with E-state index in [2.05, 4.69) is 15.8 Å². The Morgan fingerprint density at radius 1 is 1.26 bits per heavy atom. The summed E-state index contributed by atoms with van der Waals surface area (Å²) in [5, 5.41) is 0. The molecule has 0 radical (unpaired) electrons. The van der Waals surface area contributed by atoms with Crippen molar-refractivity contribution in [1.29, 1.82) is 0 Å². The number of hydrazine groups is 1. The fraction of sp³-hybridized carbons (Fsp3) is 0.200. The topological polar surface area (TPSA) is 84.2 Å². The SMILES string of the molecule is CCOC(=O)C[n+]1cccc(C(=O)NNc2ccccn2)c1.[Br-]. The number of hydrogen-bond donors (Lipinski definition) is 2. The zero-order chi connectivity index (χ0) is 15.8. The van der Waals surface area contributed by atoms with Gasteiger partial charge < -0.3 is 21.7 Å². The molecule has 0 saturated heterocycles. The largest absolute Gasteiger partial charge is 1.00 e. The van der Waals surface area contributed by atoms with E-state index in [0.717, 1.165) is 0 Å². The molecule has 0 saturated carbocycles. The first-order chi connectivity index (χ1) is 10.7. The maximum absolute atomic E-state index is 12.1. The molecular weight excluding hydrogens is 364 g/mol. The number of anilines is 1. The Morgan fingerprint density at radius 2 is 2.09 bits per heavy atom. The maximum atomic E-state index is 12.1. The van der Waals surface area contributed by atoms with Gasteiger partial charge in [-0.3, -0.25) is 15.6 Å². The highest BCUT2D eigenvalue weighted by atomic mass is 79.9. The van der Waals surface area contributed by atoms with Gasteiger partial charge in [-0.05, 0) is 25.1 Å². The normalized spacial score (nSPS) is 9.43. The Kier molecular flexibility index (Phi) is 7.69. The summed E-state index contributed by atoms with van der Waals surface area (Å²) in [7, 11) is 0. The molecule has 0 spiro atoms. The van der Waals surface area contributed by atoms with Gasteiger partial charge >= 0.3 is 5.97 Å². The third-order valence-electron chi connectivity index (χ3n) is 2.71. The van der Waals surface area contributed by atoms with Gasteiger partial charge in [0.05, 0.1) is 6.61 Å². The summed E-state index contributed by atoms with van der Waals surface area (Å²) in [6.45, 7) is 2.13. The predicted molar refractivity (Wildman–Crippen MR) is 78.6 cm³/mol. The second-order valence-electron chi connectivity index (χ2n) is 4.36. The third-order valence-corrected chi connectivity index (χ3v) is 2.71. The number of carbonyl (C=O) groups is 2. The number of aromatic nitrogens is 2. The first-order valence-electron chi connectivity index (χ1n) is 6.81. The minimum Gasteiger partial charge on any atom is -1.00 e. The van der Waals surface area contributed by atoms with Crippen LogP contribution < -0.4 is 32.4 Å². The molecule has 0 aromatic carbocycles. The molecule has 2 N–H and O–H groups in total. The summed E-state index contributed by atoms with van der Waals surface area (Å²) in [5.41, 5.74) is 5.66. The smallest absolute Gasteiger partial charge is 0.372 e. The average molecular weight is 381 g/mol. The standard InChI is InChI=1S/C15H16N4O3.BrH/c1-2-22-14(20)11-19-9-5-6-12(10-19)15(21)18-17-13-7-3-4-8-16-13;/h3-10H,2,11H2,1H3,(H-,16,17,18,21);1H. The van der Waals surface area contributed by atoms with Gasteiger partial charge in [0, 0.05) is 12.3 Å². The summed E-state index contributed by atoms with van der Waals surface area (Å²) >= 11 is 0. The van der Waals surface area contributed by atoms with E-state index in [1.54, 1.807) is 60.4 Å². The number of amides is 1. The molecule has 0 aliphatic heterocycles. The van der Waals surface area contributed by atoms with E-state index >= 15 is 0 Å². The van der Waals surface area contributed by atoms with Gasteiger partial charge in [-0.2, -0.15) is 4.57 Å². The number of carbonyl (C=O) groups excluding carboxylic acids is 2. The highest BCUT2D eigenvalue weighted by Crippen LogP contribution is 1.99. The molecule has 2 rings (SSSR count). The van der Waals surface area contributed by atoms with E-state index < -0.39 is 0 Å². The monoisotopic (exact) mass is 380 g/mol. The minimum atomic E-state index is -0.350. The third kappa shape index (κ3) is 6.03. The maximum Gasteiger partial charge on any atom is 0.372 e. The molecule has 0 unspecified atom stereocenters. The number of pyridine rings is 2. The number of nitrogens with zero attached hydrogens (tertiary/aromatic N) is 2. The summed E-state index contributed by atoms with van der Waals surface area (Å²) in [6, 6.07) is 8.65. The number of esters is 1. The van der Waals surface area contributed by atoms with Crippen molar-refractivity contribution in [2.24, 2.45) is 0 Å². The quantitative estimate of drug-likeness (QED) is 0.334. The van der Waals surface area contributed by atoms with Gasteiger partial charge in [0.25, 0.3) is 5.91 Å². The average Bonchev–Trinajstić information content (AvgIpc) is 2.54. The van der Waals surface area contributed by atoms with Crippen molar-refractivity contribution in [2.75, 3.05) is 12.0 Å². The first kappa shape index (κ1) is 18.6. The van der Waals surface area contributed by atoms with Crippen LogP contribution >= 0.6 is 0 Å². The Morgan fingerprint density at radius 3 is 2.78 bits per heavy atom. The van der Waals surface area contributed by atoms with Crippen molar-refractivity contribution in [1.82, 2.24) is 10.4 Å². The van der Waals surface area contributed by atoms with Crippen LogP contribution in [0, 0.1) is 0 Å². The van der Waals surface area contributed by atoms with Crippen molar-refractivity contribution in [3.63, 3.8) is 0 Å². The van der Waals surface area contributed by atoms with Crippen molar-refractivity contribution in [2.45, 2.75) is 13.5 Å². The zero-order valence-corrected chi connectivity index (χ0v) is 14.1. The molecule has 2 aromatic heterocycles. The van der Waals surface area contributed by atoms with Crippen molar-refractivity contribution >= 4 is 17.7 Å². The number of nitrogens with one attached hydrogen (secondary N) is 2. The Bertz CT molecular complexity index is 652. The predicted octanol–water partition coefficient (Wildman–Crippen LogP) is -2.31. The molecule has 23 heavy (non-hydrogen) atoms. The Hall–Kier alpha value is -2.48. The molecule has 0 aliphatic rings. The van der Waals surface area contributed by atoms with Gasteiger partial charge in [0.1, 0.15) is 11.4 Å². The molecule has 1 amide bonds. The molecule has 8 heteroatoms. The van der Waals surface area contributed by atoms with Crippen molar-refractivity contribution in [3.8, 4) is 0 Å². The molecule has 0 atom stereocenters. The number of rotatable bonds is 6. The van der Waals surface area contributed by atoms with Crippen LogP contribution in [0.1, 0.15) is 17.3 Å². The van der Waals surface area contributed by atoms with Crippen LogP contribution in [0.5, 0.6) is 0 Å². The fourth-order valence-corrected chi connectivity index (χ4v) is 1.74. The van der Waals surface area contributed by atoms with E-state index in [1.807, 2.05) is 0 Å². The van der Waals surface area contributed by atoms with E-state index in [0.29, 0.717) is 18.0 Å². The highest BCUT2D eigenvalue weighted by Gasteiger charge is 2.14. The van der Waals surface area contributed by atoms with E-state index in [9.17, 15) is 9.59 Å². The van der Waals surface area contributed by atoms with Crippen LogP contribution in [0.4, 0.5) is 5.82 Å². The number of halogens is 1. The van der Waals surface area contributed by atoms with E-state index in [-0.39, 0.29) is 35.4 Å². The zero-order valence-electron chi connectivity index (χ0n) is 12.5. The molecule has 0 fully saturated rings. The van der Waals surface area contributed by atoms with Crippen LogP contribution in [-0.4, -0.2) is 23.5 Å². The van der Waals surface area contributed by atoms with Gasteiger partial charge in [0.15, 0.2) is 12.4 Å². The summed E-state index contributed by atoms with van der Waals surface area (Å²) in [6.07, 6.45) is 4.89. The Labute approximate surface area is 144 Å². The molecule has 122 valence electrons. The van der Waals surface area contributed by atoms with Gasteiger partial charge in [-0.1, -0.05) is 6.07 Å². The van der Waals surface area contributed by atoms with E-state index in [1.165, 1.54) is 0 Å². The molecule has 2 aromatic rings. The fourth-order valence-electron chi connectivity index (χ4n) is 1.74. The summed E-state index contributed by atoms with van der Waals surface area (Å²) in [5.74, 6) is -0.147. The lowest BCUT2D eigenvalue weighted by Crippen LogP contribution is -3.00. The lowest BCUT2D eigenvalue weighted by molar-refractivity contribution is -0.686. The minimum absolute atomic E-state index is 0. The van der Waals surface area contributed by atoms with Gasteiger partial charge in [-0.15, -0.1) is 0 Å². The van der Waals surface area contributed by atoms with Crippen LogP contribution in [0.3, 0.4) is 0 Å². The number of hydrogen-bond acceptors (Lipinski definition) is 5. The van der Waals surface area contributed by atoms with E-state index in [4.69, 9.17) is 4.74 Å². The molecular formula is C15H17BrN4O3. The highest BCUT2D eigenvalue weighted by molar-refractivity contribution is 5.94. The van der Waals surface area contributed by atoms with Crippen LogP contribution in [0.15, 0.2) is 48.9 Å². The molecule has 0 bridgehead atoms. The first-order valence-corrected chi connectivity index (χ1v) is 6.81. The van der Waals surface area contributed by atoms with Crippen LogP contribution in [-0.2, 0) is 16.1 Å². The summed E-state index contributed by atoms with van der Waals surface area (Å²) < 4.78 is 6.46. The van der Waals surface area contributed by atoms with Gasteiger partial charge in [0.2, 0.25) is 6.54 Å². The second kappa shape index (κ2) is 9.52. The second-order valence-corrected chi connectivity index (χ2v) is 4.36. The van der Waals surface area contributed by atoms with Gasteiger partial charge in [-0.25, -0.2) is 9.78 Å². The molecule has 7 nitrogen and oxygen atoms in total. The molecule has 2 heterocycles. The lowest BCUT2D eigenvalue weighted by atomic mass is 10.2.